The number of nitro groups is 1. The summed E-state index contributed by atoms with van der Waals surface area (Å²) in [5.74, 6) is -2.18. The molecule has 0 bridgehead atoms. The predicted octanol–water partition coefficient (Wildman–Crippen LogP) is 0.674. The number of hydrogen-bond acceptors (Lipinski definition) is 6. The van der Waals surface area contributed by atoms with Gasteiger partial charge in [-0.15, -0.1) is 0 Å². The predicted molar refractivity (Wildman–Crippen MR) is 70.2 cm³/mol. The average molecular weight is 300 g/mol. The van der Waals surface area contributed by atoms with Crippen molar-refractivity contribution in [1.82, 2.24) is 0 Å². The highest BCUT2D eigenvalue weighted by molar-refractivity contribution is 7.91. The van der Waals surface area contributed by atoms with Crippen LogP contribution in [0.5, 0.6) is 5.75 Å². The zero-order valence-corrected chi connectivity index (χ0v) is 11.1. The molecule has 0 aliphatic carbocycles. The minimum atomic E-state index is -3.23. The SMILES string of the molecule is O=C(Nc1c(O)cccc1[N+](=O)[O-])C1CCS(=O)(=O)C1. The molecule has 0 saturated carbocycles. The molecule has 1 unspecified atom stereocenters. The van der Waals surface area contributed by atoms with Crippen LogP contribution < -0.4 is 5.32 Å². The van der Waals surface area contributed by atoms with Crippen LogP contribution in [0.3, 0.4) is 0 Å². The highest BCUT2D eigenvalue weighted by atomic mass is 32.2. The number of benzene rings is 1. The number of carbonyl (C=O) groups excluding carboxylic acids is 1. The van der Waals surface area contributed by atoms with Crippen LogP contribution in [-0.4, -0.2) is 35.9 Å². The molecule has 1 fully saturated rings. The van der Waals surface area contributed by atoms with E-state index in [-0.39, 0.29) is 23.6 Å². The molecule has 20 heavy (non-hydrogen) atoms. The van der Waals surface area contributed by atoms with Crippen molar-refractivity contribution < 1.29 is 23.2 Å². The lowest BCUT2D eigenvalue weighted by Gasteiger charge is -2.10. The van der Waals surface area contributed by atoms with Crippen LogP contribution >= 0.6 is 0 Å². The molecule has 1 aliphatic rings. The van der Waals surface area contributed by atoms with E-state index < -0.39 is 38.0 Å². The van der Waals surface area contributed by atoms with Crippen molar-refractivity contribution in [2.75, 3.05) is 16.8 Å². The molecule has 1 saturated heterocycles. The first kappa shape index (κ1) is 14.3. The minimum Gasteiger partial charge on any atom is -0.505 e. The number of nitrogens with zero attached hydrogens (tertiary/aromatic N) is 1. The minimum absolute atomic E-state index is 0.0754. The molecule has 1 amide bonds. The third-order valence-electron chi connectivity index (χ3n) is 3.07. The van der Waals surface area contributed by atoms with Gasteiger partial charge in [0.15, 0.2) is 15.5 Å². The Morgan fingerprint density at radius 3 is 2.70 bits per heavy atom. The van der Waals surface area contributed by atoms with Gasteiger partial charge < -0.3 is 10.4 Å². The molecule has 1 heterocycles. The van der Waals surface area contributed by atoms with Crippen LogP contribution in [0.1, 0.15) is 6.42 Å². The maximum Gasteiger partial charge on any atom is 0.296 e. The van der Waals surface area contributed by atoms with Crippen molar-refractivity contribution in [2.45, 2.75) is 6.42 Å². The highest BCUT2D eigenvalue weighted by Crippen LogP contribution is 2.34. The summed E-state index contributed by atoms with van der Waals surface area (Å²) in [7, 11) is -3.23. The van der Waals surface area contributed by atoms with Crippen LogP contribution in [0.25, 0.3) is 0 Å². The molecule has 1 atom stereocenters. The fourth-order valence-corrected chi connectivity index (χ4v) is 3.78. The van der Waals surface area contributed by atoms with Crippen LogP contribution in [-0.2, 0) is 14.6 Å². The molecule has 9 heteroatoms. The van der Waals surface area contributed by atoms with E-state index in [1.165, 1.54) is 12.1 Å². The van der Waals surface area contributed by atoms with Gasteiger partial charge in [-0.05, 0) is 12.5 Å². The third kappa shape index (κ3) is 2.87. The Bertz CT molecular complexity index is 669. The van der Waals surface area contributed by atoms with Crippen molar-refractivity contribution in [3.8, 4) is 5.75 Å². The Labute approximate surface area is 114 Å². The number of aromatic hydroxyl groups is 1. The first-order valence-electron chi connectivity index (χ1n) is 5.78. The number of sulfone groups is 1. The summed E-state index contributed by atoms with van der Waals surface area (Å²) in [4.78, 5) is 22.0. The van der Waals surface area contributed by atoms with E-state index in [0.717, 1.165) is 6.07 Å². The topological polar surface area (TPSA) is 127 Å². The number of para-hydroxylation sites is 1. The van der Waals surface area contributed by atoms with Crippen molar-refractivity contribution in [1.29, 1.82) is 0 Å². The second-order valence-electron chi connectivity index (χ2n) is 4.52. The van der Waals surface area contributed by atoms with Gasteiger partial charge in [0.25, 0.3) is 5.69 Å². The van der Waals surface area contributed by atoms with E-state index in [4.69, 9.17) is 0 Å². The zero-order valence-electron chi connectivity index (χ0n) is 10.3. The summed E-state index contributed by atoms with van der Waals surface area (Å²) >= 11 is 0. The molecule has 108 valence electrons. The van der Waals surface area contributed by atoms with Crippen LogP contribution in [0, 0.1) is 16.0 Å². The van der Waals surface area contributed by atoms with Gasteiger partial charge in [-0.25, -0.2) is 8.42 Å². The van der Waals surface area contributed by atoms with Gasteiger partial charge in [0.1, 0.15) is 5.75 Å². The van der Waals surface area contributed by atoms with Crippen molar-refractivity contribution >= 4 is 27.1 Å². The Balaban J connectivity index is 2.23. The number of phenols is 1. The van der Waals surface area contributed by atoms with Gasteiger partial charge in [0, 0.05) is 6.07 Å². The largest absolute Gasteiger partial charge is 0.505 e. The molecular formula is C11H12N2O6S. The maximum atomic E-state index is 11.9. The zero-order chi connectivity index (χ0) is 14.9. The molecule has 8 nitrogen and oxygen atoms in total. The van der Waals surface area contributed by atoms with Crippen LogP contribution in [0.15, 0.2) is 18.2 Å². The summed E-state index contributed by atoms with van der Waals surface area (Å²) in [6, 6.07) is 3.62. The van der Waals surface area contributed by atoms with Crippen LogP contribution in [0.2, 0.25) is 0 Å². The maximum absolute atomic E-state index is 11.9. The normalized spacial score (nSPS) is 20.5. The van der Waals surface area contributed by atoms with Crippen molar-refractivity contribution in [2.24, 2.45) is 5.92 Å². The van der Waals surface area contributed by atoms with E-state index >= 15 is 0 Å². The van der Waals surface area contributed by atoms with E-state index in [9.17, 15) is 28.4 Å². The smallest absolute Gasteiger partial charge is 0.296 e. The molecule has 0 spiro atoms. The fourth-order valence-electron chi connectivity index (χ4n) is 2.04. The number of carbonyl (C=O) groups is 1. The lowest BCUT2D eigenvalue weighted by atomic mass is 10.1. The van der Waals surface area contributed by atoms with Gasteiger partial charge >= 0.3 is 0 Å². The average Bonchev–Trinajstić information content (AvgIpc) is 2.72. The monoisotopic (exact) mass is 300 g/mol. The van der Waals surface area contributed by atoms with Gasteiger partial charge in [-0.2, -0.15) is 0 Å². The number of phenolic OH excluding ortho intramolecular Hbond substituents is 1. The van der Waals surface area contributed by atoms with Gasteiger partial charge in [-0.3, -0.25) is 14.9 Å². The van der Waals surface area contributed by atoms with E-state index in [0.29, 0.717) is 0 Å². The number of amides is 1. The van der Waals surface area contributed by atoms with Crippen molar-refractivity contribution in [3.63, 3.8) is 0 Å². The number of nitro benzene ring substituents is 1. The van der Waals surface area contributed by atoms with Crippen LogP contribution in [0.4, 0.5) is 11.4 Å². The summed E-state index contributed by atoms with van der Waals surface area (Å²) in [5.41, 5.74) is -0.758. The van der Waals surface area contributed by atoms with Gasteiger partial charge in [-0.1, -0.05) is 6.07 Å². The second kappa shape index (κ2) is 5.08. The lowest BCUT2D eigenvalue weighted by Crippen LogP contribution is -2.24. The highest BCUT2D eigenvalue weighted by Gasteiger charge is 2.34. The molecule has 1 aliphatic heterocycles. The fraction of sp³-hybridized carbons (Fsp3) is 0.364. The molecule has 1 aromatic rings. The molecule has 2 N–H and O–H groups in total. The first-order chi connectivity index (χ1) is 9.30. The van der Waals surface area contributed by atoms with Gasteiger partial charge in [0.05, 0.1) is 22.3 Å². The molecule has 2 rings (SSSR count). The standard InChI is InChI=1S/C11H12N2O6S/c14-9-3-1-2-8(13(16)17)10(9)12-11(15)7-4-5-20(18,19)6-7/h1-3,7,14H,4-6H2,(H,12,15). The Morgan fingerprint density at radius 2 is 2.15 bits per heavy atom. The summed E-state index contributed by atoms with van der Waals surface area (Å²) in [5, 5.41) is 22.7. The molecule has 0 aromatic heterocycles. The molecular weight excluding hydrogens is 288 g/mol. The summed E-state index contributed by atoms with van der Waals surface area (Å²) < 4.78 is 22.6. The summed E-state index contributed by atoms with van der Waals surface area (Å²) in [6.45, 7) is 0. The number of nitrogens with one attached hydrogen (secondary N) is 1. The third-order valence-corrected chi connectivity index (χ3v) is 4.84. The second-order valence-corrected chi connectivity index (χ2v) is 6.75. The first-order valence-corrected chi connectivity index (χ1v) is 7.60. The van der Waals surface area contributed by atoms with E-state index in [1.54, 1.807) is 0 Å². The quantitative estimate of drug-likeness (QED) is 0.480. The lowest BCUT2D eigenvalue weighted by molar-refractivity contribution is -0.384. The Kier molecular flexibility index (Phi) is 3.62. The Hall–Kier alpha value is -2.16. The number of hydrogen-bond donors (Lipinski definition) is 2. The Morgan fingerprint density at radius 1 is 1.45 bits per heavy atom. The molecule has 1 aromatic carbocycles. The van der Waals surface area contributed by atoms with E-state index in [2.05, 4.69) is 5.32 Å². The number of anilines is 1. The summed E-state index contributed by atoms with van der Waals surface area (Å²) in [6.07, 6.45) is 0.176. The van der Waals surface area contributed by atoms with Gasteiger partial charge in [0.2, 0.25) is 5.91 Å². The number of rotatable bonds is 3. The molecule has 0 radical (unpaired) electrons. The van der Waals surface area contributed by atoms with E-state index in [1.807, 2.05) is 0 Å². The van der Waals surface area contributed by atoms with Crippen molar-refractivity contribution in [3.05, 3.63) is 28.3 Å².